The van der Waals surface area contributed by atoms with Gasteiger partial charge in [-0.2, -0.15) is 0 Å². The molecule has 0 heteroatoms. The molecule has 0 saturated carbocycles. The first-order chi connectivity index (χ1) is 17.9. The minimum absolute atomic E-state index is 0.0166. The first-order valence-corrected chi connectivity index (χ1v) is 14.3. The van der Waals surface area contributed by atoms with Crippen molar-refractivity contribution in [1.82, 2.24) is 0 Å². The van der Waals surface area contributed by atoms with Gasteiger partial charge in [-0.15, -0.1) is 0 Å². The summed E-state index contributed by atoms with van der Waals surface area (Å²) in [6.07, 6.45) is 0. The van der Waals surface area contributed by atoms with Crippen LogP contribution >= 0.6 is 0 Å². The monoisotopic (exact) mass is 490 g/mol. The van der Waals surface area contributed by atoms with Crippen LogP contribution in [-0.2, 0) is 21.7 Å². The Morgan fingerprint density at radius 1 is 0.368 bits per heavy atom. The lowest BCUT2D eigenvalue weighted by Gasteiger charge is -2.46. The van der Waals surface area contributed by atoms with Gasteiger partial charge in [-0.25, -0.2) is 0 Å². The first kappa shape index (κ1) is 21.5. The zero-order valence-electron chi connectivity index (χ0n) is 23.8. The maximum absolute atomic E-state index is 2.63. The minimum Gasteiger partial charge on any atom is -0.0616 e. The third-order valence-electron chi connectivity index (χ3n) is 11.4. The van der Waals surface area contributed by atoms with Crippen molar-refractivity contribution in [3.05, 3.63) is 105 Å². The third-order valence-corrected chi connectivity index (χ3v) is 11.4. The zero-order valence-corrected chi connectivity index (χ0v) is 23.8. The number of hydrogen-bond donors (Lipinski definition) is 0. The van der Waals surface area contributed by atoms with Crippen molar-refractivity contribution in [2.24, 2.45) is 0 Å². The lowest BCUT2D eigenvalue weighted by Crippen LogP contribution is -2.32. The molecule has 0 saturated heterocycles. The molecule has 0 aliphatic heterocycles. The summed E-state index contributed by atoms with van der Waals surface area (Å²) in [7, 11) is 0. The van der Waals surface area contributed by atoms with Gasteiger partial charge < -0.3 is 0 Å². The Morgan fingerprint density at radius 3 is 1.47 bits per heavy atom. The maximum Gasteiger partial charge on any atom is 0.0165 e. The topological polar surface area (TPSA) is 0 Å². The van der Waals surface area contributed by atoms with Gasteiger partial charge in [0.15, 0.2) is 0 Å². The lowest BCUT2D eigenvalue weighted by molar-refractivity contribution is 0.613. The smallest absolute Gasteiger partial charge is 0.0165 e. The highest BCUT2D eigenvalue weighted by molar-refractivity contribution is 6.26. The molecule has 5 aromatic rings. The molecule has 0 spiro atoms. The number of benzene rings is 5. The molecule has 0 radical (unpaired) electrons. The zero-order chi connectivity index (χ0) is 26.3. The third kappa shape index (κ3) is 1.91. The summed E-state index contributed by atoms with van der Waals surface area (Å²) in [5, 5.41) is 6.04. The van der Waals surface area contributed by atoms with Gasteiger partial charge in [0.05, 0.1) is 0 Å². The van der Waals surface area contributed by atoms with E-state index in [0.29, 0.717) is 0 Å². The molecule has 186 valence electrons. The predicted octanol–water partition coefficient (Wildman–Crippen LogP) is 9.88. The van der Waals surface area contributed by atoms with Gasteiger partial charge >= 0.3 is 0 Å². The molecule has 0 bridgehead atoms. The molecular formula is C38H34. The summed E-state index contributed by atoms with van der Waals surface area (Å²) in [6, 6.07) is 24.0. The van der Waals surface area contributed by atoms with Crippen molar-refractivity contribution in [1.29, 1.82) is 0 Å². The molecule has 0 unspecified atom stereocenters. The average Bonchev–Trinajstić information content (AvgIpc) is 3.11. The fourth-order valence-electron chi connectivity index (χ4n) is 9.44. The van der Waals surface area contributed by atoms with Crippen LogP contribution in [0.3, 0.4) is 0 Å². The Bertz CT molecular complexity index is 2010. The minimum atomic E-state index is -0.0860. The Morgan fingerprint density at radius 2 is 0.842 bits per heavy atom. The summed E-state index contributed by atoms with van der Waals surface area (Å²) >= 11 is 0. The maximum atomic E-state index is 2.63. The SMILES string of the molecule is CC1(C)c2cccc3c2-c2c1cc1c4c5c6c(cccc6c(c24)C3(C)C)C(C)(C)c2cccc(c2-5)C1(C)C. The van der Waals surface area contributed by atoms with Crippen LogP contribution in [0.5, 0.6) is 0 Å². The summed E-state index contributed by atoms with van der Waals surface area (Å²) in [6.45, 7) is 19.7. The second-order valence-electron chi connectivity index (χ2n) is 14.5. The quantitative estimate of drug-likeness (QED) is 0.189. The molecule has 0 heterocycles. The van der Waals surface area contributed by atoms with Gasteiger partial charge in [0.2, 0.25) is 0 Å². The Hall–Kier alpha value is -3.38. The van der Waals surface area contributed by atoms with E-state index in [0.717, 1.165) is 0 Å². The second-order valence-corrected chi connectivity index (χ2v) is 14.5. The standard InChI is InChI=1S/C38H34/c1-35(2)20-13-9-12-19-27(20)32-29-22(35)15-10-16-23(29)37(5,6)26-18-25-30-28-21(36(25,3)4)14-11-17-24(28)38(7,8)34(19)33(30)31(26)32/h9-18H,1-8H3. The molecule has 0 fully saturated rings. The predicted molar refractivity (Wildman–Crippen MR) is 161 cm³/mol. The molecular weight excluding hydrogens is 456 g/mol. The van der Waals surface area contributed by atoms with Gasteiger partial charge in [-0.05, 0) is 88.3 Å². The highest BCUT2D eigenvalue weighted by atomic mass is 14.5. The van der Waals surface area contributed by atoms with Crippen LogP contribution in [0.15, 0.2) is 60.7 Å². The van der Waals surface area contributed by atoms with E-state index in [2.05, 4.69) is 116 Å². The largest absolute Gasteiger partial charge is 0.0616 e. The van der Waals surface area contributed by atoms with E-state index in [1.807, 2.05) is 0 Å². The first-order valence-electron chi connectivity index (χ1n) is 14.3. The van der Waals surface area contributed by atoms with Crippen molar-refractivity contribution in [3.8, 4) is 22.3 Å². The van der Waals surface area contributed by atoms with Gasteiger partial charge in [-0.3, -0.25) is 0 Å². The van der Waals surface area contributed by atoms with Crippen LogP contribution in [0.25, 0.3) is 43.8 Å². The van der Waals surface area contributed by atoms with Gasteiger partial charge in [0.25, 0.3) is 0 Å². The van der Waals surface area contributed by atoms with Crippen molar-refractivity contribution in [2.45, 2.75) is 77.0 Å². The van der Waals surface area contributed by atoms with Crippen LogP contribution in [-0.4, -0.2) is 0 Å². The van der Waals surface area contributed by atoms with Crippen LogP contribution < -0.4 is 0 Å². The molecule has 0 N–H and O–H groups in total. The molecule has 0 atom stereocenters. The molecule has 38 heavy (non-hydrogen) atoms. The van der Waals surface area contributed by atoms with Crippen molar-refractivity contribution in [3.63, 3.8) is 0 Å². The lowest BCUT2D eigenvalue weighted by atomic mass is 9.57. The van der Waals surface area contributed by atoms with E-state index < -0.39 is 0 Å². The number of fused-ring (bicyclic) bond motifs is 1. The number of hydrogen-bond acceptors (Lipinski definition) is 0. The van der Waals surface area contributed by atoms with E-state index in [1.165, 1.54) is 77.4 Å². The Kier molecular flexibility index (Phi) is 3.28. The summed E-state index contributed by atoms with van der Waals surface area (Å²) in [5.74, 6) is 0. The Labute approximate surface area is 225 Å². The molecule has 0 nitrogen and oxygen atoms in total. The van der Waals surface area contributed by atoms with Gasteiger partial charge in [0.1, 0.15) is 0 Å². The van der Waals surface area contributed by atoms with Gasteiger partial charge in [-0.1, -0.05) is 116 Å². The van der Waals surface area contributed by atoms with E-state index in [4.69, 9.17) is 0 Å². The van der Waals surface area contributed by atoms with E-state index in [9.17, 15) is 0 Å². The van der Waals surface area contributed by atoms with E-state index >= 15 is 0 Å². The fraction of sp³-hybridized carbons (Fsp3) is 0.316. The highest BCUT2D eigenvalue weighted by Gasteiger charge is 2.50. The van der Waals surface area contributed by atoms with Crippen LogP contribution in [0.2, 0.25) is 0 Å². The number of rotatable bonds is 0. The van der Waals surface area contributed by atoms with Gasteiger partial charge in [0, 0.05) is 21.7 Å². The molecule has 4 aliphatic rings. The summed E-state index contributed by atoms with van der Waals surface area (Å²) < 4.78 is 0. The summed E-state index contributed by atoms with van der Waals surface area (Å²) in [4.78, 5) is 0. The van der Waals surface area contributed by atoms with E-state index in [-0.39, 0.29) is 21.7 Å². The van der Waals surface area contributed by atoms with E-state index in [1.54, 1.807) is 10.9 Å². The van der Waals surface area contributed by atoms with Crippen molar-refractivity contribution < 1.29 is 0 Å². The Balaban J connectivity index is 1.70. The fourth-order valence-corrected chi connectivity index (χ4v) is 9.44. The molecule has 4 aliphatic carbocycles. The average molecular weight is 491 g/mol. The molecule has 0 aromatic heterocycles. The van der Waals surface area contributed by atoms with Crippen molar-refractivity contribution in [2.75, 3.05) is 0 Å². The molecule has 0 amide bonds. The highest BCUT2D eigenvalue weighted by Crippen LogP contribution is 2.66. The molecule has 5 aromatic carbocycles. The van der Waals surface area contributed by atoms with Crippen LogP contribution in [0.1, 0.15) is 99.9 Å². The van der Waals surface area contributed by atoms with Crippen LogP contribution in [0, 0.1) is 0 Å². The summed E-state index contributed by atoms with van der Waals surface area (Å²) in [5.41, 5.74) is 17.9. The second kappa shape index (κ2) is 5.79. The molecule has 9 rings (SSSR count). The van der Waals surface area contributed by atoms with Crippen molar-refractivity contribution >= 4 is 21.5 Å². The van der Waals surface area contributed by atoms with Crippen LogP contribution in [0.4, 0.5) is 0 Å². The normalized spacial score (nSPS) is 20.4.